The summed E-state index contributed by atoms with van der Waals surface area (Å²) in [5.41, 5.74) is 1.19. The van der Waals surface area contributed by atoms with Crippen molar-refractivity contribution in [3.63, 3.8) is 0 Å². The molecule has 0 aliphatic carbocycles. The molecule has 0 aromatic heterocycles. The maximum atomic E-state index is 9.37. The lowest BCUT2D eigenvalue weighted by atomic mass is 10.1. The predicted molar refractivity (Wildman–Crippen MR) is 59.2 cm³/mol. The standard InChI is InChI=1S/C12H19NO/c1-3-13(4-2)12(10-14)11-8-6-5-7-9-11/h5-9,12,14H,3-4,10H2,1-2H3. The second kappa shape index (κ2) is 5.78. The van der Waals surface area contributed by atoms with Gasteiger partial charge in [0.1, 0.15) is 0 Å². The molecule has 0 amide bonds. The van der Waals surface area contributed by atoms with Crippen LogP contribution in [0.5, 0.6) is 0 Å². The Bertz CT molecular complexity index is 244. The summed E-state index contributed by atoms with van der Waals surface area (Å²) >= 11 is 0. The summed E-state index contributed by atoms with van der Waals surface area (Å²) in [6.07, 6.45) is 0. The van der Waals surface area contributed by atoms with Crippen molar-refractivity contribution in [1.29, 1.82) is 0 Å². The van der Waals surface area contributed by atoms with Gasteiger partial charge in [-0.25, -0.2) is 0 Å². The van der Waals surface area contributed by atoms with Crippen molar-refractivity contribution >= 4 is 0 Å². The second-order valence-corrected chi connectivity index (χ2v) is 3.33. The fraction of sp³-hybridized carbons (Fsp3) is 0.500. The van der Waals surface area contributed by atoms with E-state index in [2.05, 4.69) is 30.9 Å². The van der Waals surface area contributed by atoms with Gasteiger partial charge in [-0.15, -0.1) is 0 Å². The summed E-state index contributed by atoms with van der Waals surface area (Å²) in [4.78, 5) is 2.26. The summed E-state index contributed by atoms with van der Waals surface area (Å²) in [7, 11) is 0. The highest BCUT2D eigenvalue weighted by Crippen LogP contribution is 2.18. The number of rotatable bonds is 5. The van der Waals surface area contributed by atoms with E-state index in [-0.39, 0.29) is 12.6 Å². The Morgan fingerprint density at radius 3 is 2.14 bits per heavy atom. The summed E-state index contributed by atoms with van der Waals surface area (Å²) in [6.45, 7) is 6.36. The average Bonchev–Trinajstić information content (AvgIpc) is 2.27. The molecule has 0 aliphatic rings. The Hall–Kier alpha value is -0.860. The molecule has 0 fully saturated rings. The van der Waals surface area contributed by atoms with E-state index in [0.29, 0.717) is 0 Å². The highest BCUT2D eigenvalue weighted by Gasteiger charge is 2.15. The van der Waals surface area contributed by atoms with E-state index >= 15 is 0 Å². The van der Waals surface area contributed by atoms with Gasteiger partial charge in [-0.2, -0.15) is 0 Å². The number of nitrogens with zero attached hydrogens (tertiary/aromatic N) is 1. The Morgan fingerprint density at radius 1 is 1.14 bits per heavy atom. The quantitative estimate of drug-likeness (QED) is 0.773. The van der Waals surface area contributed by atoms with Crippen molar-refractivity contribution in [1.82, 2.24) is 4.90 Å². The monoisotopic (exact) mass is 193 g/mol. The molecule has 0 spiro atoms. The predicted octanol–water partition coefficient (Wildman–Crippen LogP) is 2.06. The zero-order chi connectivity index (χ0) is 10.4. The topological polar surface area (TPSA) is 23.5 Å². The SMILES string of the molecule is CCN(CC)C(CO)c1ccccc1. The van der Waals surface area contributed by atoms with Crippen LogP contribution in [0.1, 0.15) is 25.5 Å². The normalized spacial score (nSPS) is 13.1. The maximum Gasteiger partial charge on any atom is 0.0628 e. The van der Waals surface area contributed by atoms with Crippen molar-refractivity contribution in [2.75, 3.05) is 19.7 Å². The first-order valence-electron chi connectivity index (χ1n) is 5.23. The van der Waals surface area contributed by atoms with E-state index in [1.54, 1.807) is 0 Å². The third kappa shape index (κ3) is 2.56. The summed E-state index contributed by atoms with van der Waals surface area (Å²) in [5, 5.41) is 9.37. The first-order chi connectivity index (χ1) is 6.83. The average molecular weight is 193 g/mol. The third-order valence-corrected chi connectivity index (χ3v) is 2.61. The van der Waals surface area contributed by atoms with E-state index < -0.39 is 0 Å². The summed E-state index contributed by atoms with van der Waals surface area (Å²) in [5.74, 6) is 0. The lowest BCUT2D eigenvalue weighted by molar-refractivity contribution is 0.134. The van der Waals surface area contributed by atoms with Gasteiger partial charge in [-0.1, -0.05) is 44.2 Å². The lowest BCUT2D eigenvalue weighted by Crippen LogP contribution is -2.30. The lowest BCUT2D eigenvalue weighted by Gasteiger charge is -2.28. The number of aliphatic hydroxyl groups excluding tert-OH is 1. The van der Waals surface area contributed by atoms with E-state index in [1.807, 2.05) is 18.2 Å². The van der Waals surface area contributed by atoms with E-state index in [9.17, 15) is 5.11 Å². The van der Waals surface area contributed by atoms with E-state index in [1.165, 1.54) is 5.56 Å². The Kier molecular flexibility index (Phi) is 4.63. The molecule has 0 radical (unpaired) electrons. The van der Waals surface area contributed by atoms with Crippen LogP contribution in [0.4, 0.5) is 0 Å². The Balaban J connectivity index is 2.81. The smallest absolute Gasteiger partial charge is 0.0628 e. The van der Waals surface area contributed by atoms with Gasteiger partial charge in [0.15, 0.2) is 0 Å². The summed E-state index contributed by atoms with van der Waals surface area (Å²) in [6, 6.07) is 10.3. The van der Waals surface area contributed by atoms with Crippen LogP contribution in [0.3, 0.4) is 0 Å². The van der Waals surface area contributed by atoms with Crippen LogP contribution >= 0.6 is 0 Å². The fourth-order valence-electron chi connectivity index (χ4n) is 1.77. The Morgan fingerprint density at radius 2 is 1.71 bits per heavy atom. The largest absolute Gasteiger partial charge is 0.394 e. The molecule has 2 heteroatoms. The van der Waals surface area contributed by atoms with Crippen LogP contribution in [0, 0.1) is 0 Å². The van der Waals surface area contributed by atoms with Gasteiger partial charge in [0.2, 0.25) is 0 Å². The van der Waals surface area contributed by atoms with Gasteiger partial charge < -0.3 is 5.11 Å². The fourth-order valence-corrected chi connectivity index (χ4v) is 1.77. The minimum absolute atomic E-state index is 0.145. The van der Waals surface area contributed by atoms with Crippen molar-refractivity contribution < 1.29 is 5.11 Å². The van der Waals surface area contributed by atoms with Gasteiger partial charge in [-0.05, 0) is 18.7 Å². The molecule has 78 valence electrons. The van der Waals surface area contributed by atoms with E-state index in [0.717, 1.165) is 13.1 Å². The third-order valence-electron chi connectivity index (χ3n) is 2.61. The van der Waals surface area contributed by atoms with Crippen molar-refractivity contribution in [3.8, 4) is 0 Å². The molecule has 1 unspecified atom stereocenters. The summed E-state index contributed by atoms with van der Waals surface area (Å²) < 4.78 is 0. The number of aliphatic hydroxyl groups is 1. The molecule has 0 saturated carbocycles. The van der Waals surface area contributed by atoms with Gasteiger partial charge in [0.05, 0.1) is 12.6 Å². The molecule has 2 nitrogen and oxygen atoms in total. The molecule has 14 heavy (non-hydrogen) atoms. The zero-order valence-electron chi connectivity index (χ0n) is 8.98. The number of hydrogen-bond acceptors (Lipinski definition) is 2. The minimum atomic E-state index is 0.145. The van der Waals surface area contributed by atoms with Gasteiger partial charge in [0, 0.05) is 0 Å². The number of hydrogen-bond donors (Lipinski definition) is 1. The molecule has 0 saturated heterocycles. The van der Waals surface area contributed by atoms with Gasteiger partial charge >= 0.3 is 0 Å². The minimum Gasteiger partial charge on any atom is -0.394 e. The molecule has 1 rings (SSSR count). The zero-order valence-corrected chi connectivity index (χ0v) is 8.98. The first-order valence-corrected chi connectivity index (χ1v) is 5.23. The molecule has 1 N–H and O–H groups in total. The van der Waals surface area contributed by atoms with Gasteiger partial charge in [-0.3, -0.25) is 4.90 Å². The highest BCUT2D eigenvalue weighted by atomic mass is 16.3. The Labute approximate surface area is 86.2 Å². The molecule has 0 bridgehead atoms. The highest BCUT2D eigenvalue weighted by molar-refractivity contribution is 5.19. The second-order valence-electron chi connectivity index (χ2n) is 3.33. The molecule has 0 heterocycles. The van der Waals surface area contributed by atoms with Crippen LogP contribution in [-0.4, -0.2) is 29.7 Å². The molecule has 1 aromatic carbocycles. The van der Waals surface area contributed by atoms with Crippen molar-refractivity contribution in [2.45, 2.75) is 19.9 Å². The van der Waals surface area contributed by atoms with Crippen LogP contribution in [-0.2, 0) is 0 Å². The molecule has 1 atom stereocenters. The molecule has 0 aliphatic heterocycles. The maximum absolute atomic E-state index is 9.37. The van der Waals surface area contributed by atoms with Gasteiger partial charge in [0.25, 0.3) is 0 Å². The first kappa shape index (κ1) is 11.2. The van der Waals surface area contributed by atoms with Crippen LogP contribution in [0.15, 0.2) is 30.3 Å². The molecular weight excluding hydrogens is 174 g/mol. The number of likely N-dealkylation sites (N-methyl/N-ethyl adjacent to an activating group) is 1. The number of benzene rings is 1. The van der Waals surface area contributed by atoms with Crippen LogP contribution in [0.25, 0.3) is 0 Å². The van der Waals surface area contributed by atoms with Crippen LogP contribution < -0.4 is 0 Å². The molecule has 1 aromatic rings. The van der Waals surface area contributed by atoms with Crippen molar-refractivity contribution in [3.05, 3.63) is 35.9 Å². The van der Waals surface area contributed by atoms with Crippen LogP contribution in [0.2, 0.25) is 0 Å². The van der Waals surface area contributed by atoms with E-state index in [4.69, 9.17) is 0 Å². The molecular formula is C12H19NO. The van der Waals surface area contributed by atoms with Crippen molar-refractivity contribution in [2.24, 2.45) is 0 Å².